The van der Waals surface area contributed by atoms with Crippen molar-refractivity contribution in [3.8, 4) is 0 Å². The molecule has 5 aliphatic rings. The smallest absolute Gasteiger partial charge is 0.239 e. The Morgan fingerprint density at radius 3 is 0.944 bits per heavy atom. The largest absolute Gasteiger partial charge is 0.325 e. The fourth-order valence-electron chi connectivity index (χ4n) is 8.60. The average molecular weight is 1010 g/mol. The van der Waals surface area contributed by atoms with Crippen LogP contribution in [0.4, 0.5) is 22.7 Å². The fraction of sp³-hybridized carbons (Fsp3) is 0.373. The summed E-state index contributed by atoms with van der Waals surface area (Å²) in [6, 6.07) is 18.6. The van der Waals surface area contributed by atoms with E-state index in [1.54, 1.807) is 36.4 Å². The zero-order valence-corrected chi connectivity index (χ0v) is 41.5. The molecule has 0 aromatic heterocycles. The Bertz CT molecular complexity index is 2550. The fourth-order valence-corrected chi connectivity index (χ4v) is 8.73. The maximum atomic E-state index is 13.4. The van der Waals surface area contributed by atoms with E-state index in [4.69, 9.17) is 23.2 Å². The molecule has 0 radical (unpaired) electrons. The summed E-state index contributed by atoms with van der Waals surface area (Å²) in [5.41, 5.74) is 3.67. The molecule has 20 heteroatoms. The van der Waals surface area contributed by atoms with Crippen molar-refractivity contribution in [3.63, 3.8) is 0 Å². The number of halogens is 2. The lowest BCUT2D eigenvalue weighted by Crippen LogP contribution is -2.47. The number of hydrogen-bond acceptors (Lipinski definition) is 14. The van der Waals surface area contributed by atoms with Gasteiger partial charge in [0.25, 0.3) is 0 Å². The van der Waals surface area contributed by atoms with Crippen molar-refractivity contribution in [2.45, 2.75) is 0 Å². The first kappa shape index (κ1) is 52.6. The summed E-state index contributed by atoms with van der Waals surface area (Å²) >= 11 is 10.9. The van der Waals surface area contributed by atoms with Crippen LogP contribution in [0.2, 0.25) is 0 Å². The minimum absolute atomic E-state index is 0.158. The number of rotatable bonds is 10. The lowest BCUT2D eigenvalue weighted by molar-refractivity contribution is -0.118. The number of nitrogens with one attached hydrogen (secondary N) is 5. The molecule has 0 bridgehead atoms. The van der Waals surface area contributed by atoms with Gasteiger partial charge in [-0.1, -0.05) is 0 Å². The second kappa shape index (κ2) is 24.3. The number of piperazine rings is 3. The molecule has 0 atom stereocenters. The van der Waals surface area contributed by atoms with E-state index in [0.29, 0.717) is 33.9 Å². The minimum Gasteiger partial charge on any atom is -0.325 e. The maximum absolute atomic E-state index is 13.4. The Morgan fingerprint density at radius 2 is 0.676 bits per heavy atom. The van der Waals surface area contributed by atoms with Gasteiger partial charge in [-0.3, -0.25) is 48.2 Å². The lowest BCUT2D eigenvalue weighted by Gasteiger charge is -2.31. The Labute approximate surface area is 422 Å². The van der Waals surface area contributed by atoms with Crippen LogP contribution in [0.5, 0.6) is 0 Å². The molecule has 5 N–H and O–H groups in total. The highest BCUT2D eigenvalue weighted by molar-refractivity contribution is 6.31. The molecule has 0 saturated carbocycles. The van der Waals surface area contributed by atoms with Gasteiger partial charge in [-0.2, -0.15) is 0 Å². The Kier molecular flexibility index (Phi) is 18.0. The summed E-state index contributed by atoms with van der Waals surface area (Å²) < 4.78 is 0. The number of benzene rings is 4. The summed E-state index contributed by atoms with van der Waals surface area (Å²) in [6.07, 6.45) is 0. The molecular weight excluding hydrogens is 952 g/mol. The molecule has 3 saturated heterocycles. The van der Waals surface area contributed by atoms with Crippen LogP contribution in [0, 0.1) is 0 Å². The summed E-state index contributed by atoms with van der Waals surface area (Å²) in [6.45, 7) is 12.3. The first-order valence-electron chi connectivity index (χ1n) is 23.4. The average Bonchev–Trinajstić information content (AvgIpc) is 3.36. The number of amides is 4. The quantitative estimate of drug-likeness (QED) is 0.125. The summed E-state index contributed by atoms with van der Waals surface area (Å²) in [4.78, 5) is 111. The van der Waals surface area contributed by atoms with Crippen molar-refractivity contribution in [2.24, 2.45) is 0 Å². The minimum atomic E-state index is -0.423. The van der Waals surface area contributed by atoms with Crippen molar-refractivity contribution in [3.05, 3.63) is 117 Å². The van der Waals surface area contributed by atoms with Gasteiger partial charge in [-0.25, -0.2) is 0 Å². The zero-order chi connectivity index (χ0) is 50.8. The predicted molar refractivity (Wildman–Crippen MR) is 274 cm³/mol. The molecule has 3 heterocycles. The number of nitrogens with zero attached hydrogens (tertiary/aromatic N) is 5. The lowest BCUT2D eigenvalue weighted by atomic mass is 9.83. The monoisotopic (exact) mass is 1010 g/mol. The van der Waals surface area contributed by atoms with Crippen LogP contribution in [0.15, 0.2) is 72.8 Å². The van der Waals surface area contributed by atoms with Crippen LogP contribution in [0.25, 0.3) is 0 Å². The van der Waals surface area contributed by atoms with Crippen molar-refractivity contribution < 1.29 is 38.4 Å². The number of carbonyl (C=O) groups excluding carboxylic acids is 8. The summed E-state index contributed by atoms with van der Waals surface area (Å²) in [5, 5.41) is 14.1. The van der Waals surface area contributed by atoms with E-state index < -0.39 is 11.8 Å². The van der Waals surface area contributed by atoms with Gasteiger partial charge >= 0.3 is 0 Å². The molecular formula is C51H58Cl2N10O8. The zero-order valence-electron chi connectivity index (χ0n) is 40.0. The van der Waals surface area contributed by atoms with Crippen LogP contribution in [0.3, 0.4) is 0 Å². The van der Waals surface area contributed by atoms with Crippen LogP contribution in [-0.4, -0.2) is 196 Å². The van der Waals surface area contributed by atoms with E-state index >= 15 is 0 Å². The molecule has 2 aliphatic carbocycles. The molecule has 4 aromatic carbocycles. The number of alkyl halides is 2. The van der Waals surface area contributed by atoms with Crippen molar-refractivity contribution in [2.75, 3.05) is 146 Å². The van der Waals surface area contributed by atoms with E-state index in [1.165, 1.54) is 49.5 Å². The number of hydrogen-bond donors (Lipinski definition) is 5. The van der Waals surface area contributed by atoms with E-state index in [0.717, 1.165) is 65.4 Å². The topological polar surface area (TPSA) is 213 Å². The predicted octanol–water partition coefficient (Wildman–Crippen LogP) is 3.17. The van der Waals surface area contributed by atoms with Gasteiger partial charge in [0.1, 0.15) is 11.8 Å². The molecule has 0 spiro atoms. The number of likely N-dealkylation sites (N-methyl/N-ethyl adjacent to an activating group) is 3. The Balaban J connectivity index is 0.000000193. The van der Waals surface area contributed by atoms with Gasteiger partial charge < -0.3 is 41.3 Å². The van der Waals surface area contributed by atoms with E-state index in [-0.39, 0.29) is 93.2 Å². The third-order valence-electron chi connectivity index (χ3n) is 12.7. The molecule has 3 fully saturated rings. The highest BCUT2D eigenvalue weighted by atomic mass is 35.5. The standard InChI is InChI=1S/C28H34N6O4.C18H12Cl2N2O4.C5H12N2/c1-31-7-11-33(12-8-31)17-25(35)29-19-3-5-21-23(15-19)28(38)24-16-20(4-6-22(24)27(21)37)30-26(36)18-34-13-9-32(2)10-14-34;19-7-15(23)21-9-1-3-11-13(5-9)18(26)14-6-10(22-16(24)8-20)2-4-12(14)17(11)25;1-7-4-2-6-3-5-7/h3-6,15-16H,7-14,17-18H2,1-2H3,(H,29,35)(H,30,36);1-6H,7-8H2,(H,21,23)(H,22,24);6H,2-5H2,1H3. The summed E-state index contributed by atoms with van der Waals surface area (Å²) in [5.74, 6) is -2.85. The second-order valence-corrected chi connectivity index (χ2v) is 18.6. The first-order valence-corrected chi connectivity index (χ1v) is 24.4. The van der Waals surface area contributed by atoms with Gasteiger partial charge in [-0.05, 0) is 93.9 Å². The molecule has 71 heavy (non-hydrogen) atoms. The van der Waals surface area contributed by atoms with Crippen molar-refractivity contribution in [1.82, 2.24) is 29.8 Å². The van der Waals surface area contributed by atoms with Gasteiger partial charge in [0.2, 0.25) is 23.6 Å². The van der Waals surface area contributed by atoms with Crippen LogP contribution in [-0.2, 0) is 19.2 Å². The number of ketones is 4. The number of carbonyl (C=O) groups is 8. The van der Waals surface area contributed by atoms with E-state index in [9.17, 15) is 38.4 Å². The second-order valence-electron chi connectivity index (χ2n) is 18.0. The van der Waals surface area contributed by atoms with Gasteiger partial charge in [-0.15, -0.1) is 23.2 Å². The molecule has 4 aromatic rings. The molecule has 3 aliphatic heterocycles. The van der Waals surface area contributed by atoms with Gasteiger partial charge in [0, 0.05) is 146 Å². The molecule has 374 valence electrons. The van der Waals surface area contributed by atoms with E-state index in [2.05, 4.69) is 72.2 Å². The number of fused-ring (bicyclic) bond motifs is 4. The highest BCUT2D eigenvalue weighted by Crippen LogP contribution is 2.33. The van der Waals surface area contributed by atoms with Crippen molar-refractivity contribution >= 4 is 92.7 Å². The van der Waals surface area contributed by atoms with Crippen LogP contribution in [0.1, 0.15) is 63.7 Å². The first-order chi connectivity index (χ1) is 34.1. The van der Waals surface area contributed by atoms with Crippen LogP contribution < -0.4 is 26.6 Å². The molecule has 0 unspecified atom stereocenters. The summed E-state index contributed by atoms with van der Waals surface area (Å²) in [7, 11) is 6.28. The van der Waals surface area contributed by atoms with Crippen molar-refractivity contribution in [1.29, 1.82) is 0 Å². The van der Waals surface area contributed by atoms with Gasteiger partial charge in [0.05, 0.1) is 13.1 Å². The van der Waals surface area contributed by atoms with Crippen LogP contribution >= 0.6 is 23.2 Å². The highest BCUT2D eigenvalue weighted by Gasteiger charge is 2.32. The molecule has 9 rings (SSSR count). The van der Waals surface area contributed by atoms with Gasteiger partial charge in [0.15, 0.2) is 23.1 Å². The maximum Gasteiger partial charge on any atom is 0.239 e. The molecule has 4 amide bonds. The third-order valence-corrected chi connectivity index (χ3v) is 13.2. The Hall–Kier alpha value is -6.22. The SMILES string of the molecule is CN1CCN(CC(=O)Nc2ccc3c(c2)C(=O)c2cc(NC(=O)CN4CCN(C)CC4)ccc2C3=O)CC1.CN1CCNCC1.O=C(CCl)Nc1ccc2c(c1)C(=O)c1cc(NC(=O)CCl)ccc1C2=O. The Morgan fingerprint density at radius 1 is 0.408 bits per heavy atom. The number of anilines is 4. The third kappa shape index (κ3) is 13.6. The normalized spacial score (nSPS) is 17.2. The van der Waals surface area contributed by atoms with E-state index in [1.807, 2.05) is 0 Å². The molecule has 18 nitrogen and oxygen atoms in total.